The maximum Gasteiger partial charge on any atom is 0.244 e. The van der Waals surface area contributed by atoms with Gasteiger partial charge >= 0.3 is 0 Å². The van der Waals surface area contributed by atoms with Crippen molar-refractivity contribution < 1.29 is 4.79 Å². The zero-order valence-electron chi connectivity index (χ0n) is 10.9. The first-order chi connectivity index (χ1) is 8.04. The van der Waals surface area contributed by atoms with Crippen LogP contribution in [0.3, 0.4) is 0 Å². The SMILES string of the molecule is CCCn1cnnc1[C@H](C)NC(=O)C=C(C)C. The third-order valence-electron chi connectivity index (χ3n) is 2.28. The first-order valence-electron chi connectivity index (χ1n) is 5.87. The van der Waals surface area contributed by atoms with Crippen molar-refractivity contribution >= 4 is 5.91 Å². The molecule has 5 heteroatoms. The number of rotatable bonds is 5. The molecule has 0 fully saturated rings. The van der Waals surface area contributed by atoms with Crippen molar-refractivity contribution in [3.63, 3.8) is 0 Å². The molecule has 17 heavy (non-hydrogen) atoms. The summed E-state index contributed by atoms with van der Waals surface area (Å²) in [6.07, 6.45) is 4.29. The molecule has 0 aliphatic carbocycles. The summed E-state index contributed by atoms with van der Waals surface area (Å²) in [5, 5.41) is 10.8. The van der Waals surface area contributed by atoms with E-state index >= 15 is 0 Å². The quantitative estimate of drug-likeness (QED) is 0.793. The molecule has 5 nitrogen and oxygen atoms in total. The molecular weight excluding hydrogens is 216 g/mol. The van der Waals surface area contributed by atoms with Crippen molar-refractivity contribution in [2.24, 2.45) is 0 Å². The van der Waals surface area contributed by atoms with Crippen molar-refractivity contribution in [3.05, 3.63) is 23.8 Å². The number of carbonyl (C=O) groups excluding carboxylic acids is 1. The second-order valence-electron chi connectivity index (χ2n) is 4.33. The van der Waals surface area contributed by atoms with Crippen molar-refractivity contribution in [3.8, 4) is 0 Å². The number of hydrogen-bond donors (Lipinski definition) is 1. The lowest BCUT2D eigenvalue weighted by atomic mass is 10.2. The van der Waals surface area contributed by atoms with Crippen LogP contribution in [0.15, 0.2) is 18.0 Å². The monoisotopic (exact) mass is 236 g/mol. The van der Waals surface area contributed by atoms with Crippen LogP contribution >= 0.6 is 0 Å². The van der Waals surface area contributed by atoms with Gasteiger partial charge in [0.15, 0.2) is 5.82 Å². The second-order valence-corrected chi connectivity index (χ2v) is 4.33. The van der Waals surface area contributed by atoms with Gasteiger partial charge in [0.1, 0.15) is 6.33 Å². The van der Waals surface area contributed by atoms with Gasteiger partial charge in [-0.3, -0.25) is 4.79 Å². The van der Waals surface area contributed by atoms with E-state index < -0.39 is 0 Å². The van der Waals surface area contributed by atoms with Crippen LogP contribution < -0.4 is 5.32 Å². The Hall–Kier alpha value is -1.65. The Kier molecular flexibility index (Phi) is 4.87. The van der Waals surface area contributed by atoms with E-state index in [1.807, 2.05) is 25.3 Å². The first-order valence-corrected chi connectivity index (χ1v) is 5.87. The Morgan fingerprint density at radius 2 is 2.29 bits per heavy atom. The molecule has 1 N–H and O–H groups in total. The molecule has 0 spiro atoms. The fourth-order valence-electron chi connectivity index (χ4n) is 1.59. The van der Waals surface area contributed by atoms with Gasteiger partial charge in [0, 0.05) is 12.6 Å². The van der Waals surface area contributed by atoms with Crippen LogP contribution in [0.2, 0.25) is 0 Å². The zero-order chi connectivity index (χ0) is 12.8. The number of aromatic nitrogens is 3. The summed E-state index contributed by atoms with van der Waals surface area (Å²) in [5.41, 5.74) is 0.977. The van der Waals surface area contributed by atoms with Crippen LogP contribution in [0.4, 0.5) is 0 Å². The van der Waals surface area contributed by atoms with Crippen molar-refractivity contribution in [1.29, 1.82) is 0 Å². The standard InChI is InChI=1S/C12H20N4O/c1-5-6-16-8-13-15-12(16)10(4)14-11(17)7-9(2)3/h7-8,10H,5-6H2,1-4H3,(H,14,17)/t10-/m0/s1. The van der Waals surface area contributed by atoms with Gasteiger partial charge in [0.05, 0.1) is 6.04 Å². The molecule has 1 heterocycles. The van der Waals surface area contributed by atoms with Gasteiger partial charge in [0.2, 0.25) is 5.91 Å². The fourth-order valence-corrected chi connectivity index (χ4v) is 1.59. The molecule has 0 aliphatic heterocycles. The van der Waals surface area contributed by atoms with Gasteiger partial charge in [-0.1, -0.05) is 12.5 Å². The minimum Gasteiger partial charge on any atom is -0.343 e. The van der Waals surface area contributed by atoms with Crippen LogP contribution in [-0.2, 0) is 11.3 Å². The molecule has 1 rings (SSSR count). The van der Waals surface area contributed by atoms with Gasteiger partial charge in [-0.15, -0.1) is 10.2 Å². The smallest absolute Gasteiger partial charge is 0.244 e. The van der Waals surface area contributed by atoms with E-state index in [0.29, 0.717) is 0 Å². The number of amides is 1. The molecule has 0 aliphatic rings. The Morgan fingerprint density at radius 3 is 2.88 bits per heavy atom. The molecule has 1 aromatic heterocycles. The topological polar surface area (TPSA) is 59.8 Å². The van der Waals surface area contributed by atoms with Crippen LogP contribution in [-0.4, -0.2) is 20.7 Å². The average Bonchev–Trinajstić information content (AvgIpc) is 2.64. The molecule has 0 bridgehead atoms. The number of allylic oxidation sites excluding steroid dienone is 1. The fraction of sp³-hybridized carbons (Fsp3) is 0.583. The summed E-state index contributed by atoms with van der Waals surface area (Å²) in [6.45, 7) is 8.65. The highest BCUT2D eigenvalue weighted by atomic mass is 16.1. The van der Waals surface area contributed by atoms with E-state index in [4.69, 9.17) is 0 Å². The second kappa shape index (κ2) is 6.18. The summed E-state index contributed by atoms with van der Waals surface area (Å²) in [4.78, 5) is 11.6. The Bertz CT molecular complexity index is 404. The number of hydrogen-bond acceptors (Lipinski definition) is 3. The van der Waals surface area contributed by atoms with Gasteiger partial charge in [-0.2, -0.15) is 0 Å². The third kappa shape index (κ3) is 4.01. The molecule has 0 saturated carbocycles. The van der Waals surface area contributed by atoms with Crippen LogP contribution in [0.25, 0.3) is 0 Å². The van der Waals surface area contributed by atoms with Gasteiger partial charge < -0.3 is 9.88 Å². The van der Waals surface area contributed by atoms with Crippen molar-refractivity contribution in [2.75, 3.05) is 0 Å². The zero-order valence-corrected chi connectivity index (χ0v) is 10.9. The number of aryl methyl sites for hydroxylation is 1. The van der Waals surface area contributed by atoms with Gasteiger partial charge in [-0.05, 0) is 27.2 Å². The molecular formula is C12H20N4O. The Balaban J connectivity index is 2.69. The lowest BCUT2D eigenvalue weighted by Gasteiger charge is -2.13. The lowest BCUT2D eigenvalue weighted by Crippen LogP contribution is -2.27. The molecule has 1 aromatic rings. The molecule has 0 saturated heterocycles. The van der Waals surface area contributed by atoms with E-state index in [0.717, 1.165) is 24.4 Å². The Labute approximate surface area is 102 Å². The largest absolute Gasteiger partial charge is 0.343 e. The van der Waals surface area contributed by atoms with Crippen LogP contribution in [0.1, 0.15) is 46.0 Å². The number of nitrogens with zero attached hydrogens (tertiary/aromatic N) is 3. The van der Waals surface area contributed by atoms with E-state index in [-0.39, 0.29) is 11.9 Å². The molecule has 0 unspecified atom stereocenters. The van der Waals surface area contributed by atoms with Crippen molar-refractivity contribution in [1.82, 2.24) is 20.1 Å². The third-order valence-corrected chi connectivity index (χ3v) is 2.28. The summed E-state index contributed by atoms with van der Waals surface area (Å²) in [5.74, 6) is 0.700. The predicted octanol–water partition coefficient (Wildman–Crippen LogP) is 1.83. The normalized spacial score (nSPS) is 12.0. The first kappa shape index (κ1) is 13.4. The minimum atomic E-state index is -0.132. The maximum atomic E-state index is 11.6. The molecule has 94 valence electrons. The summed E-state index contributed by atoms with van der Waals surface area (Å²) in [7, 11) is 0. The molecule has 0 aromatic carbocycles. The summed E-state index contributed by atoms with van der Waals surface area (Å²) < 4.78 is 1.97. The summed E-state index contributed by atoms with van der Waals surface area (Å²) >= 11 is 0. The predicted molar refractivity (Wildman–Crippen MR) is 66.3 cm³/mol. The van der Waals surface area contributed by atoms with Crippen LogP contribution in [0, 0.1) is 0 Å². The highest BCUT2D eigenvalue weighted by Gasteiger charge is 2.14. The minimum absolute atomic E-state index is 0.0939. The molecule has 1 amide bonds. The highest BCUT2D eigenvalue weighted by molar-refractivity contribution is 5.88. The van der Waals surface area contributed by atoms with E-state index in [1.165, 1.54) is 0 Å². The Morgan fingerprint density at radius 1 is 1.59 bits per heavy atom. The van der Waals surface area contributed by atoms with Crippen molar-refractivity contribution in [2.45, 2.75) is 46.7 Å². The molecule has 0 radical (unpaired) electrons. The van der Waals surface area contributed by atoms with E-state index in [1.54, 1.807) is 12.4 Å². The van der Waals surface area contributed by atoms with Crippen LogP contribution in [0.5, 0.6) is 0 Å². The maximum absolute atomic E-state index is 11.6. The van der Waals surface area contributed by atoms with E-state index in [2.05, 4.69) is 22.4 Å². The highest BCUT2D eigenvalue weighted by Crippen LogP contribution is 2.09. The lowest BCUT2D eigenvalue weighted by molar-refractivity contribution is -0.117. The number of carbonyl (C=O) groups is 1. The van der Waals surface area contributed by atoms with E-state index in [9.17, 15) is 4.79 Å². The van der Waals surface area contributed by atoms with Gasteiger partial charge in [0.25, 0.3) is 0 Å². The van der Waals surface area contributed by atoms with Gasteiger partial charge in [-0.25, -0.2) is 0 Å². The number of nitrogens with one attached hydrogen (secondary N) is 1. The summed E-state index contributed by atoms with van der Waals surface area (Å²) in [6, 6.07) is -0.132. The average molecular weight is 236 g/mol. The molecule has 1 atom stereocenters.